The second kappa shape index (κ2) is 7.18. The molecule has 0 saturated heterocycles. The molecule has 0 aliphatic rings. The molecule has 0 aliphatic carbocycles. The number of ether oxygens (including phenoxy) is 1. The van der Waals surface area contributed by atoms with Gasteiger partial charge in [-0.1, -0.05) is 30.3 Å². The summed E-state index contributed by atoms with van der Waals surface area (Å²) in [5, 5.41) is 6.85. The maximum absolute atomic E-state index is 11.2. The number of amides is 1. The number of anilines is 1. The summed E-state index contributed by atoms with van der Waals surface area (Å²) in [6.45, 7) is 4.61. The van der Waals surface area contributed by atoms with Crippen LogP contribution in [0.4, 0.5) is 5.95 Å². The lowest BCUT2D eigenvalue weighted by atomic mass is 10.0. The van der Waals surface area contributed by atoms with Gasteiger partial charge in [-0.15, -0.1) is 5.10 Å². The van der Waals surface area contributed by atoms with Gasteiger partial charge in [0.1, 0.15) is 6.33 Å². The van der Waals surface area contributed by atoms with Crippen molar-refractivity contribution >= 4 is 17.5 Å². The molecule has 0 spiro atoms. The zero-order valence-corrected chi connectivity index (χ0v) is 13.7. The van der Waals surface area contributed by atoms with Crippen molar-refractivity contribution in [3.05, 3.63) is 42.2 Å². The second-order valence-corrected chi connectivity index (χ2v) is 5.27. The molecule has 3 rings (SSSR count). The number of hydrogen-bond donors (Lipinski definition) is 1. The monoisotopic (exact) mass is 325 g/mol. The molecule has 0 saturated carbocycles. The van der Waals surface area contributed by atoms with Crippen LogP contribution in [0.25, 0.3) is 16.9 Å². The first-order chi connectivity index (χ1) is 11.7. The Hall–Kier alpha value is -2.80. The zero-order valence-electron chi connectivity index (χ0n) is 13.7. The molecule has 0 atom stereocenters. The van der Waals surface area contributed by atoms with E-state index < -0.39 is 0 Å². The average Bonchev–Trinajstić information content (AvgIpc) is 2.98. The largest absolute Gasteiger partial charge is 0.381 e. The number of benzene rings is 1. The average molecular weight is 325 g/mol. The molecule has 0 radical (unpaired) electrons. The van der Waals surface area contributed by atoms with Crippen LogP contribution in [0.15, 0.2) is 36.7 Å². The molecule has 7 heteroatoms. The number of carbonyl (C=O) groups is 1. The van der Waals surface area contributed by atoms with Crippen LogP contribution in [0.1, 0.15) is 19.4 Å². The molecule has 1 amide bonds. The third-order valence-corrected chi connectivity index (χ3v) is 3.52. The molecule has 0 aliphatic heterocycles. The highest BCUT2D eigenvalue weighted by Crippen LogP contribution is 2.25. The molecule has 1 aromatic carbocycles. The van der Waals surface area contributed by atoms with E-state index in [4.69, 9.17) is 4.74 Å². The van der Waals surface area contributed by atoms with Crippen LogP contribution in [0, 0.1) is 0 Å². The quantitative estimate of drug-likeness (QED) is 0.703. The van der Waals surface area contributed by atoms with E-state index in [-0.39, 0.29) is 11.9 Å². The van der Waals surface area contributed by atoms with E-state index in [9.17, 15) is 4.79 Å². The van der Waals surface area contributed by atoms with E-state index in [1.165, 1.54) is 6.92 Å². The zero-order chi connectivity index (χ0) is 16.9. The lowest BCUT2D eigenvalue weighted by Gasteiger charge is -2.09. The number of nitrogens with zero attached hydrogens (tertiary/aromatic N) is 4. The Bertz CT molecular complexity index is 845. The topological polar surface area (TPSA) is 81.4 Å². The second-order valence-electron chi connectivity index (χ2n) is 5.27. The Morgan fingerprint density at radius 3 is 2.79 bits per heavy atom. The Labute approximate surface area is 139 Å². The van der Waals surface area contributed by atoms with Gasteiger partial charge >= 0.3 is 0 Å². The molecule has 0 unspecified atom stereocenters. The Morgan fingerprint density at radius 2 is 2.08 bits per heavy atom. The molecule has 1 N–H and O–H groups in total. The van der Waals surface area contributed by atoms with E-state index in [2.05, 4.69) is 20.4 Å². The van der Waals surface area contributed by atoms with Gasteiger partial charge in [0.25, 0.3) is 0 Å². The van der Waals surface area contributed by atoms with Gasteiger partial charge in [0, 0.05) is 31.1 Å². The standard InChI is InChI=1S/C17H19N5O2/c1-3-24-10-9-14-15(13-7-5-4-6-8-13)18-11-22-16(14)20-17(21-22)19-12(2)23/h4-8,11H,3,9-10H2,1-2H3,(H,19,21,23). The number of carbonyl (C=O) groups excluding carboxylic acids is 1. The lowest BCUT2D eigenvalue weighted by Crippen LogP contribution is -2.07. The van der Waals surface area contributed by atoms with Crippen molar-refractivity contribution in [2.24, 2.45) is 0 Å². The number of nitrogens with one attached hydrogen (secondary N) is 1. The summed E-state index contributed by atoms with van der Waals surface area (Å²) >= 11 is 0. The van der Waals surface area contributed by atoms with E-state index in [1.807, 2.05) is 37.3 Å². The van der Waals surface area contributed by atoms with Crippen LogP contribution < -0.4 is 5.32 Å². The van der Waals surface area contributed by atoms with Crippen LogP contribution >= 0.6 is 0 Å². The molecule has 0 fully saturated rings. The first kappa shape index (κ1) is 16.1. The van der Waals surface area contributed by atoms with E-state index in [0.29, 0.717) is 25.3 Å². The summed E-state index contributed by atoms with van der Waals surface area (Å²) in [6, 6.07) is 9.93. The van der Waals surface area contributed by atoms with Crippen molar-refractivity contribution in [3.63, 3.8) is 0 Å². The van der Waals surface area contributed by atoms with Gasteiger partial charge in [0.2, 0.25) is 11.9 Å². The molecule has 2 heterocycles. The minimum atomic E-state index is -0.210. The molecule has 0 bridgehead atoms. The molecule has 2 aromatic heterocycles. The number of aromatic nitrogens is 4. The Morgan fingerprint density at radius 1 is 1.29 bits per heavy atom. The van der Waals surface area contributed by atoms with Crippen LogP contribution in [-0.2, 0) is 16.0 Å². The van der Waals surface area contributed by atoms with E-state index in [0.717, 1.165) is 16.8 Å². The van der Waals surface area contributed by atoms with E-state index in [1.54, 1.807) is 10.8 Å². The predicted molar refractivity (Wildman–Crippen MR) is 90.7 cm³/mol. The van der Waals surface area contributed by atoms with Crippen molar-refractivity contribution in [1.82, 2.24) is 19.6 Å². The van der Waals surface area contributed by atoms with Gasteiger partial charge < -0.3 is 4.74 Å². The maximum atomic E-state index is 11.2. The fraction of sp³-hybridized carbons (Fsp3) is 0.294. The molecule has 7 nitrogen and oxygen atoms in total. The van der Waals surface area contributed by atoms with Crippen LogP contribution in [0.3, 0.4) is 0 Å². The predicted octanol–water partition coefficient (Wildman–Crippen LogP) is 2.33. The molecule has 3 aromatic rings. The fourth-order valence-corrected chi connectivity index (χ4v) is 2.51. The van der Waals surface area contributed by atoms with Crippen molar-refractivity contribution in [2.45, 2.75) is 20.3 Å². The van der Waals surface area contributed by atoms with Gasteiger partial charge in [-0.3, -0.25) is 10.1 Å². The minimum absolute atomic E-state index is 0.210. The molecule has 124 valence electrons. The van der Waals surface area contributed by atoms with Gasteiger partial charge in [-0.2, -0.15) is 4.98 Å². The molecule has 24 heavy (non-hydrogen) atoms. The molecular formula is C17H19N5O2. The third kappa shape index (κ3) is 3.41. The summed E-state index contributed by atoms with van der Waals surface area (Å²) in [5.41, 5.74) is 3.48. The maximum Gasteiger partial charge on any atom is 0.249 e. The highest BCUT2D eigenvalue weighted by Gasteiger charge is 2.15. The van der Waals surface area contributed by atoms with E-state index >= 15 is 0 Å². The number of fused-ring (bicyclic) bond motifs is 1. The van der Waals surface area contributed by atoms with Gasteiger partial charge in [0.05, 0.1) is 12.3 Å². The number of hydrogen-bond acceptors (Lipinski definition) is 5. The van der Waals surface area contributed by atoms with Crippen molar-refractivity contribution in [1.29, 1.82) is 0 Å². The summed E-state index contributed by atoms with van der Waals surface area (Å²) in [5.74, 6) is 0.0604. The normalized spacial score (nSPS) is 10.9. The SMILES string of the molecule is CCOCCc1c(-c2ccccc2)ncn2nc(NC(C)=O)nc12. The lowest BCUT2D eigenvalue weighted by molar-refractivity contribution is -0.114. The summed E-state index contributed by atoms with van der Waals surface area (Å²) in [7, 11) is 0. The Kier molecular flexibility index (Phi) is 4.81. The van der Waals surface area contributed by atoms with Gasteiger partial charge in [-0.05, 0) is 6.92 Å². The molecular weight excluding hydrogens is 306 g/mol. The fourth-order valence-electron chi connectivity index (χ4n) is 2.51. The van der Waals surface area contributed by atoms with Gasteiger partial charge in [0.15, 0.2) is 5.65 Å². The summed E-state index contributed by atoms with van der Waals surface area (Å²) < 4.78 is 7.08. The first-order valence-corrected chi connectivity index (χ1v) is 7.84. The van der Waals surface area contributed by atoms with Crippen molar-refractivity contribution in [3.8, 4) is 11.3 Å². The van der Waals surface area contributed by atoms with Crippen LogP contribution in [0.5, 0.6) is 0 Å². The van der Waals surface area contributed by atoms with Gasteiger partial charge in [-0.25, -0.2) is 9.50 Å². The summed E-state index contributed by atoms with van der Waals surface area (Å²) in [6.07, 6.45) is 2.27. The summed E-state index contributed by atoms with van der Waals surface area (Å²) in [4.78, 5) is 20.2. The van der Waals surface area contributed by atoms with Crippen molar-refractivity contribution in [2.75, 3.05) is 18.5 Å². The first-order valence-electron chi connectivity index (χ1n) is 7.84. The van der Waals surface area contributed by atoms with Crippen LogP contribution in [0.2, 0.25) is 0 Å². The Balaban J connectivity index is 2.09. The highest BCUT2D eigenvalue weighted by molar-refractivity contribution is 5.87. The number of rotatable bonds is 6. The third-order valence-electron chi connectivity index (χ3n) is 3.52. The minimum Gasteiger partial charge on any atom is -0.381 e. The highest BCUT2D eigenvalue weighted by atomic mass is 16.5. The smallest absolute Gasteiger partial charge is 0.249 e. The van der Waals surface area contributed by atoms with Crippen LogP contribution in [-0.4, -0.2) is 38.7 Å². The van der Waals surface area contributed by atoms with Crippen molar-refractivity contribution < 1.29 is 9.53 Å².